The molecular formula is C12H10BrClN2O. The van der Waals surface area contributed by atoms with Crippen LogP contribution in [0.15, 0.2) is 41.0 Å². The quantitative estimate of drug-likeness (QED) is 0.939. The van der Waals surface area contributed by atoms with E-state index >= 15 is 0 Å². The van der Waals surface area contributed by atoms with Gasteiger partial charge < -0.3 is 10.5 Å². The highest BCUT2D eigenvalue weighted by Crippen LogP contribution is 2.31. The first-order chi connectivity index (χ1) is 8.19. The largest absolute Gasteiger partial charge is 0.455 e. The van der Waals surface area contributed by atoms with Gasteiger partial charge in [0.15, 0.2) is 0 Å². The van der Waals surface area contributed by atoms with Crippen LogP contribution in [0.2, 0.25) is 5.02 Å². The Morgan fingerprint density at radius 3 is 2.71 bits per heavy atom. The summed E-state index contributed by atoms with van der Waals surface area (Å²) >= 11 is 9.23. The zero-order valence-corrected chi connectivity index (χ0v) is 11.2. The van der Waals surface area contributed by atoms with E-state index in [1.54, 1.807) is 24.4 Å². The number of hydrogen-bond donors (Lipinski definition) is 1. The Morgan fingerprint density at radius 2 is 2.12 bits per heavy atom. The standard InChI is InChI=1S/C12H10BrClN2O/c13-11-5-8(14)1-4-12(11)17-10-3-2-9(6-15)16-7-10/h1-5,7H,6,15H2. The van der Waals surface area contributed by atoms with Gasteiger partial charge in [0.25, 0.3) is 0 Å². The molecule has 0 amide bonds. The number of aromatic nitrogens is 1. The fourth-order valence-electron chi connectivity index (χ4n) is 1.28. The minimum absolute atomic E-state index is 0.422. The SMILES string of the molecule is NCc1ccc(Oc2ccc(Cl)cc2Br)cn1. The van der Waals surface area contributed by atoms with E-state index in [0.29, 0.717) is 23.1 Å². The van der Waals surface area contributed by atoms with Gasteiger partial charge in [-0.1, -0.05) is 11.6 Å². The molecule has 1 aromatic heterocycles. The lowest BCUT2D eigenvalue weighted by atomic mass is 10.3. The molecule has 2 N–H and O–H groups in total. The van der Waals surface area contributed by atoms with Crippen LogP contribution in [0.3, 0.4) is 0 Å². The lowest BCUT2D eigenvalue weighted by molar-refractivity contribution is 0.477. The molecule has 3 nitrogen and oxygen atoms in total. The summed E-state index contributed by atoms with van der Waals surface area (Å²) in [4.78, 5) is 4.15. The molecule has 0 aliphatic carbocycles. The average Bonchev–Trinajstić information content (AvgIpc) is 2.34. The summed E-state index contributed by atoms with van der Waals surface area (Å²) in [6.07, 6.45) is 1.64. The highest BCUT2D eigenvalue weighted by Gasteiger charge is 2.03. The minimum Gasteiger partial charge on any atom is -0.455 e. The molecule has 0 atom stereocenters. The molecule has 0 unspecified atom stereocenters. The third-order valence-electron chi connectivity index (χ3n) is 2.13. The number of nitrogens with two attached hydrogens (primary N) is 1. The van der Waals surface area contributed by atoms with Gasteiger partial charge in [0.05, 0.1) is 16.4 Å². The van der Waals surface area contributed by atoms with Crippen molar-refractivity contribution in [1.82, 2.24) is 4.98 Å². The molecule has 5 heteroatoms. The van der Waals surface area contributed by atoms with Crippen molar-refractivity contribution in [2.75, 3.05) is 0 Å². The van der Waals surface area contributed by atoms with Crippen molar-refractivity contribution in [3.8, 4) is 11.5 Å². The maximum atomic E-state index is 5.85. The summed E-state index contributed by atoms with van der Waals surface area (Å²) < 4.78 is 6.45. The van der Waals surface area contributed by atoms with E-state index < -0.39 is 0 Å². The van der Waals surface area contributed by atoms with Crippen molar-refractivity contribution in [3.05, 3.63) is 51.7 Å². The van der Waals surface area contributed by atoms with Crippen molar-refractivity contribution >= 4 is 27.5 Å². The van der Waals surface area contributed by atoms with Crippen molar-refractivity contribution in [2.24, 2.45) is 5.73 Å². The normalized spacial score (nSPS) is 10.3. The first kappa shape index (κ1) is 12.4. The van der Waals surface area contributed by atoms with Gasteiger partial charge in [-0.25, -0.2) is 0 Å². The smallest absolute Gasteiger partial charge is 0.145 e. The topological polar surface area (TPSA) is 48.1 Å². The van der Waals surface area contributed by atoms with Gasteiger partial charge in [0.2, 0.25) is 0 Å². The Labute approximate surface area is 113 Å². The Morgan fingerprint density at radius 1 is 1.29 bits per heavy atom. The van der Waals surface area contributed by atoms with Crippen LogP contribution in [0.5, 0.6) is 11.5 Å². The third kappa shape index (κ3) is 3.19. The molecule has 1 aromatic carbocycles. The van der Waals surface area contributed by atoms with Gasteiger partial charge in [0.1, 0.15) is 11.5 Å². The zero-order valence-electron chi connectivity index (χ0n) is 8.86. The van der Waals surface area contributed by atoms with Crippen LogP contribution in [0.4, 0.5) is 0 Å². The Kier molecular flexibility index (Phi) is 3.99. The summed E-state index contributed by atoms with van der Waals surface area (Å²) in [6.45, 7) is 0.422. The van der Waals surface area contributed by atoms with Crippen LogP contribution in [0.1, 0.15) is 5.69 Å². The molecule has 0 aliphatic heterocycles. The summed E-state index contributed by atoms with van der Waals surface area (Å²) in [6, 6.07) is 9.00. The number of halogens is 2. The predicted octanol–water partition coefficient (Wildman–Crippen LogP) is 3.75. The van der Waals surface area contributed by atoms with Gasteiger partial charge in [-0.15, -0.1) is 0 Å². The van der Waals surface area contributed by atoms with Crippen LogP contribution < -0.4 is 10.5 Å². The van der Waals surface area contributed by atoms with Crippen molar-refractivity contribution < 1.29 is 4.74 Å². The summed E-state index contributed by atoms with van der Waals surface area (Å²) in [5.74, 6) is 1.35. The van der Waals surface area contributed by atoms with E-state index in [1.807, 2.05) is 12.1 Å². The molecule has 1 heterocycles. The van der Waals surface area contributed by atoms with Crippen molar-refractivity contribution in [2.45, 2.75) is 6.54 Å². The summed E-state index contributed by atoms with van der Waals surface area (Å²) in [7, 11) is 0. The molecule has 0 bridgehead atoms. The summed E-state index contributed by atoms with van der Waals surface area (Å²) in [5.41, 5.74) is 6.29. The lowest BCUT2D eigenvalue weighted by Gasteiger charge is -2.07. The molecule has 0 spiro atoms. The van der Waals surface area contributed by atoms with Crippen LogP contribution in [0.25, 0.3) is 0 Å². The van der Waals surface area contributed by atoms with E-state index in [0.717, 1.165) is 10.2 Å². The van der Waals surface area contributed by atoms with Gasteiger partial charge in [-0.2, -0.15) is 0 Å². The highest BCUT2D eigenvalue weighted by atomic mass is 79.9. The molecular weight excluding hydrogens is 304 g/mol. The second-order valence-electron chi connectivity index (χ2n) is 3.37. The number of nitrogens with zero attached hydrogens (tertiary/aromatic N) is 1. The zero-order chi connectivity index (χ0) is 12.3. The van der Waals surface area contributed by atoms with Gasteiger partial charge in [-0.3, -0.25) is 4.98 Å². The third-order valence-corrected chi connectivity index (χ3v) is 2.98. The fraction of sp³-hybridized carbons (Fsp3) is 0.0833. The van der Waals surface area contributed by atoms with Gasteiger partial charge in [0, 0.05) is 11.6 Å². The van der Waals surface area contributed by atoms with E-state index in [4.69, 9.17) is 22.1 Å². The summed E-state index contributed by atoms with van der Waals surface area (Å²) in [5, 5.41) is 0.654. The number of rotatable bonds is 3. The van der Waals surface area contributed by atoms with Gasteiger partial charge >= 0.3 is 0 Å². The lowest BCUT2D eigenvalue weighted by Crippen LogP contribution is -1.98. The van der Waals surface area contributed by atoms with Crippen LogP contribution in [-0.4, -0.2) is 4.98 Å². The maximum absolute atomic E-state index is 5.85. The predicted molar refractivity (Wildman–Crippen MR) is 71.4 cm³/mol. The second kappa shape index (κ2) is 5.49. The molecule has 0 saturated carbocycles. The Balaban J connectivity index is 2.19. The molecule has 2 rings (SSSR count). The average molecular weight is 314 g/mol. The number of ether oxygens (including phenoxy) is 1. The van der Waals surface area contributed by atoms with E-state index in [-0.39, 0.29) is 0 Å². The monoisotopic (exact) mass is 312 g/mol. The van der Waals surface area contributed by atoms with Crippen molar-refractivity contribution in [1.29, 1.82) is 0 Å². The van der Waals surface area contributed by atoms with Crippen molar-refractivity contribution in [3.63, 3.8) is 0 Å². The maximum Gasteiger partial charge on any atom is 0.145 e. The minimum atomic E-state index is 0.422. The number of hydrogen-bond acceptors (Lipinski definition) is 3. The van der Waals surface area contributed by atoms with E-state index in [9.17, 15) is 0 Å². The molecule has 2 aromatic rings. The first-order valence-corrected chi connectivity index (χ1v) is 6.14. The number of pyridine rings is 1. The molecule has 88 valence electrons. The highest BCUT2D eigenvalue weighted by molar-refractivity contribution is 9.10. The van der Waals surface area contributed by atoms with E-state index in [1.165, 1.54) is 0 Å². The molecule has 0 fully saturated rings. The van der Waals surface area contributed by atoms with Crippen LogP contribution in [-0.2, 0) is 6.54 Å². The van der Waals surface area contributed by atoms with E-state index in [2.05, 4.69) is 20.9 Å². The molecule has 0 radical (unpaired) electrons. The molecule has 0 saturated heterocycles. The van der Waals surface area contributed by atoms with Crippen LogP contribution >= 0.6 is 27.5 Å². The molecule has 17 heavy (non-hydrogen) atoms. The Hall–Kier alpha value is -1.10. The Bertz CT molecular complexity index is 516. The molecule has 0 aliphatic rings. The fourth-order valence-corrected chi connectivity index (χ4v) is 2.04. The number of benzene rings is 1. The first-order valence-electron chi connectivity index (χ1n) is 4.97. The van der Waals surface area contributed by atoms with Crippen LogP contribution in [0, 0.1) is 0 Å². The second-order valence-corrected chi connectivity index (χ2v) is 4.66. The van der Waals surface area contributed by atoms with Gasteiger partial charge in [-0.05, 0) is 46.3 Å².